The number of rotatable bonds is 3. The van der Waals surface area contributed by atoms with Gasteiger partial charge in [0.15, 0.2) is 0 Å². The summed E-state index contributed by atoms with van der Waals surface area (Å²) >= 11 is 0. The van der Waals surface area contributed by atoms with Crippen LogP contribution in [-0.2, 0) is 4.79 Å². The van der Waals surface area contributed by atoms with Crippen molar-refractivity contribution in [1.29, 1.82) is 0 Å². The van der Waals surface area contributed by atoms with Gasteiger partial charge in [-0.1, -0.05) is 6.92 Å². The first-order valence-corrected chi connectivity index (χ1v) is 8.59. The van der Waals surface area contributed by atoms with Gasteiger partial charge in [-0.05, 0) is 37.8 Å². The molecule has 7 heteroatoms. The van der Waals surface area contributed by atoms with Crippen LogP contribution in [0.2, 0.25) is 0 Å². The molecule has 0 aliphatic carbocycles. The van der Waals surface area contributed by atoms with Crippen molar-refractivity contribution in [3.63, 3.8) is 0 Å². The predicted octanol–water partition coefficient (Wildman–Crippen LogP) is 0.973. The summed E-state index contributed by atoms with van der Waals surface area (Å²) in [7, 11) is 0. The van der Waals surface area contributed by atoms with E-state index in [4.69, 9.17) is 0 Å². The monoisotopic (exact) mass is 366 g/mol. The number of likely N-dealkylation sites (tertiary alicyclic amines) is 1. The molecule has 1 amide bonds. The first kappa shape index (κ1) is 21.0. The van der Waals surface area contributed by atoms with Crippen molar-refractivity contribution in [3.8, 4) is 0 Å². The molecule has 3 heterocycles. The highest BCUT2D eigenvalue weighted by Gasteiger charge is 2.35. The molecular formula is C16H32Cl2N4O. The summed E-state index contributed by atoms with van der Waals surface area (Å²) < 4.78 is 0. The number of nitrogens with zero attached hydrogens (tertiary/aromatic N) is 2. The number of carbonyl (C=O) groups excluding carboxylic acids is 1. The molecular weight excluding hydrogens is 335 g/mol. The van der Waals surface area contributed by atoms with Gasteiger partial charge in [-0.3, -0.25) is 4.79 Å². The summed E-state index contributed by atoms with van der Waals surface area (Å²) in [6, 6.07) is 0. The molecule has 2 unspecified atom stereocenters. The SMILES string of the molecule is CC1(CN2CCCC(C(=O)N3CCNCC3)C2)CCNC1.Cl.Cl. The lowest BCUT2D eigenvalue weighted by Gasteiger charge is -2.39. The lowest BCUT2D eigenvalue weighted by Crippen LogP contribution is -2.52. The zero-order valence-corrected chi connectivity index (χ0v) is 15.8. The average Bonchev–Trinajstić information content (AvgIpc) is 2.94. The zero-order valence-electron chi connectivity index (χ0n) is 14.2. The van der Waals surface area contributed by atoms with Crippen LogP contribution in [0.3, 0.4) is 0 Å². The van der Waals surface area contributed by atoms with E-state index in [9.17, 15) is 4.79 Å². The van der Waals surface area contributed by atoms with Crippen molar-refractivity contribution in [3.05, 3.63) is 0 Å². The van der Waals surface area contributed by atoms with Crippen LogP contribution in [0.1, 0.15) is 26.2 Å². The Kier molecular flexibility index (Phi) is 8.59. The number of hydrogen-bond acceptors (Lipinski definition) is 4. The fraction of sp³-hybridized carbons (Fsp3) is 0.938. The highest BCUT2D eigenvalue weighted by Crippen LogP contribution is 2.28. The molecule has 3 fully saturated rings. The summed E-state index contributed by atoms with van der Waals surface area (Å²) in [6.45, 7) is 11.6. The van der Waals surface area contributed by atoms with Gasteiger partial charge in [-0.15, -0.1) is 24.8 Å². The van der Waals surface area contributed by atoms with Crippen LogP contribution in [0.4, 0.5) is 0 Å². The van der Waals surface area contributed by atoms with Crippen LogP contribution in [-0.4, -0.2) is 74.6 Å². The maximum absolute atomic E-state index is 12.7. The van der Waals surface area contributed by atoms with E-state index in [0.717, 1.165) is 58.8 Å². The molecule has 0 radical (unpaired) electrons. The molecule has 3 saturated heterocycles. The molecule has 136 valence electrons. The van der Waals surface area contributed by atoms with Crippen molar-refractivity contribution in [1.82, 2.24) is 20.4 Å². The number of piperidine rings is 1. The Bertz CT molecular complexity index is 371. The fourth-order valence-corrected chi connectivity index (χ4v) is 4.09. The lowest BCUT2D eigenvalue weighted by molar-refractivity contribution is -0.138. The quantitative estimate of drug-likeness (QED) is 0.781. The normalized spacial score (nSPS) is 32.0. The van der Waals surface area contributed by atoms with Crippen molar-refractivity contribution in [2.75, 3.05) is 58.9 Å². The second-order valence-electron chi connectivity index (χ2n) is 7.39. The average molecular weight is 367 g/mol. The number of piperazine rings is 1. The van der Waals surface area contributed by atoms with Crippen LogP contribution in [0.15, 0.2) is 0 Å². The van der Waals surface area contributed by atoms with Crippen molar-refractivity contribution in [2.24, 2.45) is 11.3 Å². The molecule has 0 bridgehead atoms. The molecule has 3 aliphatic rings. The fourth-order valence-electron chi connectivity index (χ4n) is 4.09. The highest BCUT2D eigenvalue weighted by atomic mass is 35.5. The minimum absolute atomic E-state index is 0. The largest absolute Gasteiger partial charge is 0.340 e. The molecule has 0 spiro atoms. The zero-order chi connectivity index (χ0) is 14.7. The Balaban J connectivity index is 0.00000132. The Morgan fingerprint density at radius 2 is 1.87 bits per heavy atom. The van der Waals surface area contributed by atoms with Gasteiger partial charge in [0.05, 0.1) is 5.92 Å². The van der Waals surface area contributed by atoms with Crippen LogP contribution >= 0.6 is 24.8 Å². The molecule has 3 rings (SSSR count). The van der Waals surface area contributed by atoms with Gasteiger partial charge in [0.25, 0.3) is 0 Å². The number of nitrogens with one attached hydrogen (secondary N) is 2. The minimum atomic E-state index is 0. The molecule has 2 atom stereocenters. The molecule has 3 aliphatic heterocycles. The highest BCUT2D eigenvalue weighted by molar-refractivity contribution is 5.85. The van der Waals surface area contributed by atoms with Crippen molar-refractivity contribution < 1.29 is 4.79 Å². The Morgan fingerprint density at radius 3 is 2.52 bits per heavy atom. The third-order valence-corrected chi connectivity index (χ3v) is 5.35. The van der Waals surface area contributed by atoms with Crippen LogP contribution < -0.4 is 10.6 Å². The summed E-state index contributed by atoms with van der Waals surface area (Å²) in [5, 5.41) is 6.80. The number of halogens is 2. The van der Waals surface area contributed by atoms with Crippen LogP contribution in [0.5, 0.6) is 0 Å². The van der Waals surface area contributed by atoms with E-state index in [1.165, 1.54) is 19.4 Å². The Morgan fingerprint density at radius 1 is 1.13 bits per heavy atom. The second kappa shape index (κ2) is 9.42. The van der Waals surface area contributed by atoms with Gasteiger partial charge in [-0.2, -0.15) is 0 Å². The summed E-state index contributed by atoms with van der Waals surface area (Å²) in [5.41, 5.74) is 0.403. The van der Waals surface area contributed by atoms with Gasteiger partial charge in [-0.25, -0.2) is 0 Å². The molecule has 5 nitrogen and oxygen atoms in total. The maximum atomic E-state index is 12.7. The van der Waals surface area contributed by atoms with Gasteiger partial charge in [0, 0.05) is 45.8 Å². The van der Waals surface area contributed by atoms with Gasteiger partial charge >= 0.3 is 0 Å². The van der Waals surface area contributed by atoms with Crippen molar-refractivity contribution >= 4 is 30.7 Å². The smallest absolute Gasteiger partial charge is 0.227 e. The van der Waals surface area contributed by atoms with Gasteiger partial charge < -0.3 is 20.4 Å². The predicted molar refractivity (Wildman–Crippen MR) is 98.7 cm³/mol. The second-order valence-corrected chi connectivity index (χ2v) is 7.39. The molecule has 0 saturated carbocycles. The van der Waals surface area contributed by atoms with E-state index in [1.54, 1.807) is 0 Å². The third kappa shape index (κ3) is 5.46. The van der Waals surface area contributed by atoms with E-state index in [2.05, 4.69) is 27.4 Å². The Labute approximate surface area is 152 Å². The number of carbonyl (C=O) groups is 1. The van der Waals surface area contributed by atoms with E-state index in [1.807, 2.05) is 0 Å². The first-order valence-electron chi connectivity index (χ1n) is 8.59. The Hall–Kier alpha value is -0.0700. The maximum Gasteiger partial charge on any atom is 0.227 e. The van der Waals surface area contributed by atoms with E-state index >= 15 is 0 Å². The van der Waals surface area contributed by atoms with Crippen molar-refractivity contribution in [2.45, 2.75) is 26.2 Å². The molecule has 23 heavy (non-hydrogen) atoms. The summed E-state index contributed by atoms with van der Waals surface area (Å²) in [4.78, 5) is 17.3. The molecule has 0 aromatic heterocycles. The van der Waals surface area contributed by atoms with Crippen LogP contribution in [0, 0.1) is 11.3 Å². The standard InChI is InChI=1S/C16H30N4O.2ClH/c1-16(4-5-18-12-16)13-19-8-2-3-14(11-19)15(21)20-9-6-17-7-10-20;;/h14,17-18H,2-13H2,1H3;2*1H. The minimum Gasteiger partial charge on any atom is -0.340 e. The molecule has 0 aromatic rings. The topological polar surface area (TPSA) is 47.6 Å². The number of amides is 1. The van der Waals surface area contributed by atoms with Crippen LogP contribution in [0.25, 0.3) is 0 Å². The van der Waals surface area contributed by atoms with Gasteiger partial charge in [0.1, 0.15) is 0 Å². The van der Waals surface area contributed by atoms with E-state index in [0.29, 0.717) is 11.3 Å². The summed E-state index contributed by atoms with van der Waals surface area (Å²) in [5.74, 6) is 0.630. The molecule has 2 N–H and O–H groups in total. The number of hydrogen-bond donors (Lipinski definition) is 2. The van der Waals surface area contributed by atoms with E-state index in [-0.39, 0.29) is 30.7 Å². The molecule has 0 aromatic carbocycles. The summed E-state index contributed by atoms with van der Waals surface area (Å²) in [6.07, 6.45) is 3.51. The van der Waals surface area contributed by atoms with E-state index < -0.39 is 0 Å². The lowest BCUT2D eigenvalue weighted by atomic mass is 9.87. The van der Waals surface area contributed by atoms with Gasteiger partial charge in [0.2, 0.25) is 5.91 Å². The third-order valence-electron chi connectivity index (χ3n) is 5.35. The first-order chi connectivity index (χ1) is 10.2.